The molecule has 0 aromatic rings. The van der Waals surface area contributed by atoms with Crippen molar-refractivity contribution in [2.75, 3.05) is 13.7 Å². The molecule has 0 aromatic heterocycles. The summed E-state index contributed by atoms with van der Waals surface area (Å²) in [6.07, 6.45) is 10.0. The molecule has 1 aliphatic carbocycles. The quantitative estimate of drug-likeness (QED) is 0.678. The topological polar surface area (TPSA) is 83.8 Å². The van der Waals surface area contributed by atoms with E-state index in [9.17, 15) is 9.59 Å². The maximum atomic E-state index is 10.8. The maximum absolute atomic E-state index is 10.8. The number of carbonyl (C=O) groups is 2. The average Bonchev–Trinajstić information content (AvgIpc) is 2.36. The van der Waals surface area contributed by atoms with Crippen LogP contribution in [0.4, 0.5) is 0 Å². The third kappa shape index (κ3) is 5.57. The lowest BCUT2D eigenvalue weighted by atomic mass is 9.76. The van der Waals surface area contributed by atoms with Crippen LogP contribution in [0.2, 0.25) is 0 Å². The van der Waals surface area contributed by atoms with Gasteiger partial charge in [-0.25, -0.2) is 0 Å². The van der Waals surface area contributed by atoms with Gasteiger partial charge in [-0.1, -0.05) is 24.3 Å². The van der Waals surface area contributed by atoms with Gasteiger partial charge in [0.05, 0.1) is 6.61 Å². The van der Waals surface area contributed by atoms with Gasteiger partial charge in [0, 0.05) is 25.4 Å². The first kappa shape index (κ1) is 16.4. The molecule has 1 aliphatic rings. The van der Waals surface area contributed by atoms with Crippen LogP contribution in [0.15, 0.2) is 24.3 Å². The number of allylic oxidation sites excluding steroid dienone is 3. The van der Waals surface area contributed by atoms with Crippen LogP contribution < -0.4 is 0 Å². The SMILES string of the molecule is COCC1(CCC(CC(=O)O)CC(=O)O)C=CC=CC1. The predicted molar refractivity (Wildman–Crippen MR) is 74.4 cm³/mol. The molecule has 112 valence electrons. The van der Waals surface area contributed by atoms with Crippen LogP contribution in [0.1, 0.15) is 32.1 Å². The molecular formula is C15H22O5. The van der Waals surface area contributed by atoms with Crippen molar-refractivity contribution in [1.82, 2.24) is 0 Å². The first-order chi connectivity index (χ1) is 9.47. The number of carboxylic acid groups (broad SMARTS) is 2. The predicted octanol–water partition coefficient (Wildman–Crippen LogP) is 2.48. The van der Waals surface area contributed by atoms with Gasteiger partial charge in [0.25, 0.3) is 0 Å². The Balaban J connectivity index is 2.62. The van der Waals surface area contributed by atoms with E-state index in [2.05, 4.69) is 12.2 Å². The summed E-state index contributed by atoms with van der Waals surface area (Å²) in [4.78, 5) is 21.6. The first-order valence-electron chi connectivity index (χ1n) is 6.74. The summed E-state index contributed by atoms with van der Waals surface area (Å²) in [5.41, 5.74) is -0.140. The molecule has 5 heteroatoms. The van der Waals surface area contributed by atoms with Gasteiger partial charge >= 0.3 is 11.9 Å². The van der Waals surface area contributed by atoms with E-state index in [4.69, 9.17) is 14.9 Å². The molecule has 0 fully saturated rings. The van der Waals surface area contributed by atoms with Crippen LogP contribution in [0.3, 0.4) is 0 Å². The second-order valence-corrected chi connectivity index (χ2v) is 5.39. The molecule has 0 aliphatic heterocycles. The molecule has 0 bridgehead atoms. The molecule has 1 unspecified atom stereocenters. The van der Waals surface area contributed by atoms with Crippen molar-refractivity contribution in [3.8, 4) is 0 Å². The summed E-state index contributed by atoms with van der Waals surface area (Å²) >= 11 is 0. The van der Waals surface area contributed by atoms with E-state index >= 15 is 0 Å². The van der Waals surface area contributed by atoms with Gasteiger partial charge < -0.3 is 14.9 Å². The van der Waals surface area contributed by atoms with Crippen LogP contribution in [0.5, 0.6) is 0 Å². The van der Waals surface area contributed by atoms with Gasteiger partial charge in [0.15, 0.2) is 0 Å². The molecule has 0 saturated carbocycles. The third-order valence-corrected chi connectivity index (χ3v) is 3.63. The molecule has 5 nitrogen and oxygen atoms in total. The van der Waals surface area contributed by atoms with Gasteiger partial charge in [-0.2, -0.15) is 0 Å². The molecule has 0 saturated heterocycles. The minimum Gasteiger partial charge on any atom is -0.481 e. The van der Waals surface area contributed by atoms with E-state index in [0.717, 1.165) is 12.8 Å². The Morgan fingerprint density at radius 2 is 1.90 bits per heavy atom. The molecule has 1 atom stereocenters. The fourth-order valence-corrected chi connectivity index (χ4v) is 2.62. The Kier molecular flexibility index (Phi) is 6.45. The summed E-state index contributed by atoms with van der Waals surface area (Å²) in [7, 11) is 1.64. The minimum absolute atomic E-state index is 0.102. The standard InChI is InChI=1S/C15H22O5/c1-20-11-15(6-3-2-4-7-15)8-5-12(9-13(16)17)10-14(18)19/h2-4,6,12H,5,7-11H2,1H3,(H,16,17)(H,18,19). The summed E-state index contributed by atoms with van der Waals surface area (Å²) in [5.74, 6) is -2.23. The van der Waals surface area contributed by atoms with Gasteiger partial charge in [-0.3, -0.25) is 9.59 Å². The van der Waals surface area contributed by atoms with E-state index in [-0.39, 0.29) is 24.2 Å². The van der Waals surface area contributed by atoms with Crippen LogP contribution in [0, 0.1) is 11.3 Å². The summed E-state index contributed by atoms with van der Waals surface area (Å²) in [6.45, 7) is 0.556. The normalized spacial score (nSPS) is 21.3. The van der Waals surface area contributed by atoms with Gasteiger partial charge in [-0.15, -0.1) is 0 Å². The first-order valence-corrected chi connectivity index (χ1v) is 6.74. The Hall–Kier alpha value is -1.62. The van der Waals surface area contributed by atoms with Crippen molar-refractivity contribution < 1.29 is 24.5 Å². The Bertz CT molecular complexity index is 383. The van der Waals surface area contributed by atoms with Crippen molar-refractivity contribution in [2.24, 2.45) is 11.3 Å². The number of aliphatic carboxylic acids is 2. The number of carboxylic acids is 2. The zero-order chi connectivity index (χ0) is 15.0. The lowest BCUT2D eigenvalue weighted by Crippen LogP contribution is -2.26. The van der Waals surface area contributed by atoms with Crippen LogP contribution >= 0.6 is 0 Å². The lowest BCUT2D eigenvalue weighted by molar-refractivity contribution is -0.140. The second-order valence-electron chi connectivity index (χ2n) is 5.39. The third-order valence-electron chi connectivity index (χ3n) is 3.63. The second kappa shape index (κ2) is 7.85. The smallest absolute Gasteiger partial charge is 0.303 e. The summed E-state index contributed by atoms with van der Waals surface area (Å²) < 4.78 is 5.26. The number of hydrogen-bond donors (Lipinski definition) is 2. The molecular weight excluding hydrogens is 260 g/mol. The van der Waals surface area contributed by atoms with Crippen molar-refractivity contribution in [3.05, 3.63) is 24.3 Å². The maximum Gasteiger partial charge on any atom is 0.303 e. The zero-order valence-corrected chi connectivity index (χ0v) is 11.7. The van der Waals surface area contributed by atoms with Crippen molar-refractivity contribution >= 4 is 11.9 Å². The largest absolute Gasteiger partial charge is 0.481 e. The molecule has 0 heterocycles. The van der Waals surface area contributed by atoms with Crippen molar-refractivity contribution in [3.63, 3.8) is 0 Å². The number of rotatable bonds is 9. The molecule has 0 amide bonds. The van der Waals surface area contributed by atoms with E-state index < -0.39 is 11.9 Å². The van der Waals surface area contributed by atoms with Crippen LogP contribution in [-0.2, 0) is 14.3 Å². The highest BCUT2D eigenvalue weighted by molar-refractivity contribution is 5.70. The Morgan fingerprint density at radius 3 is 2.35 bits per heavy atom. The molecule has 0 aromatic carbocycles. The average molecular weight is 282 g/mol. The van der Waals surface area contributed by atoms with E-state index in [1.54, 1.807) is 7.11 Å². The lowest BCUT2D eigenvalue weighted by Gasteiger charge is -2.31. The Labute approximate surface area is 118 Å². The monoisotopic (exact) mass is 282 g/mol. The van der Waals surface area contributed by atoms with Gasteiger partial charge in [-0.05, 0) is 25.2 Å². The molecule has 2 N–H and O–H groups in total. The summed E-state index contributed by atoms with van der Waals surface area (Å²) in [6, 6.07) is 0. The number of methoxy groups -OCH3 is 1. The van der Waals surface area contributed by atoms with Gasteiger partial charge in [0.2, 0.25) is 0 Å². The van der Waals surface area contributed by atoms with Gasteiger partial charge in [0.1, 0.15) is 0 Å². The highest BCUT2D eigenvalue weighted by Crippen LogP contribution is 2.35. The van der Waals surface area contributed by atoms with E-state index in [0.29, 0.717) is 13.0 Å². The molecule has 0 radical (unpaired) electrons. The van der Waals surface area contributed by atoms with E-state index in [1.807, 2.05) is 12.2 Å². The molecule has 0 spiro atoms. The van der Waals surface area contributed by atoms with Crippen LogP contribution in [0.25, 0.3) is 0 Å². The molecule has 20 heavy (non-hydrogen) atoms. The fraction of sp³-hybridized carbons (Fsp3) is 0.600. The highest BCUT2D eigenvalue weighted by atomic mass is 16.5. The highest BCUT2D eigenvalue weighted by Gasteiger charge is 2.29. The van der Waals surface area contributed by atoms with Crippen LogP contribution in [-0.4, -0.2) is 35.9 Å². The number of hydrogen-bond acceptors (Lipinski definition) is 3. The zero-order valence-electron chi connectivity index (χ0n) is 11.7. The summed E-state index contributed by atoms with van der Waals surface area (Å²) in [5, 5.41) is 17.7. The number of ether oxygens (including phenoxy) is 1. The van der Waals surface area contributed by atoms with Crippen molar-refractivity contribution in [2.45, 2.75) is 32.1 Å². The fourth-order valence-electron chi connectivity index (χ4n) is 2.62. The van der Waals surface area contributed by atoms with E-state index in [1.165, 1.54) is 0 Å². The molecule has 1 rings (SSSR count). The van der Waals surface area contributed by atoms with Crippen molar-refractivity contribution in [1.29, 1.82) is 0 Å². The Morgan fingerprint density at radius 1 is 1.25 bits per heavy atom. The minimum atomic E-state index is -0.948.